The maximum absolute atomic E-state index is 12.8. The molecule has 0 aliphatic heterocycles. The average Bonchev–Trinajstić information content (AvgIpc) is 2.89. The third-order valence-electron chi connectivity index (χ3n) is 6.00. The first-order chi connectivity index (χ1) is 18.3. The number of ether oxygens (including phenoxy) is 2. The second-order valence-corrected chi connectivity index (χ2v) is 10.7. The second-order valence-electron chi connectivity index (χ2n) is 9.33. The average molecular weight is 589 g/mol. The van der Waals surface area contributed by atoms with Crippen molar-refractivity contribution >= 4 is 22.1 Å². The number of rotatable bonds is 21. The number of hydrogen-bond donors (Lipinski definition) is 0. The molecule has 7 nitrogen and oxygen atoms in total. The summed E-state index contributed by atoms with van der Waals surface area (Å²) < 4.78 is 45.9. The molecule has 0 aliphatic rings. The van der Waals surface area contributed by atoms with Gasteiger partial charge in [-0.25, -0.2) is 18.0 Å². The standard InChI is InChI=1S/C30H46O7S.K/c1-3-5-7-9-11-13-15-17-19-24-36-29(31)26-22-21-23-27(38(33,34)35)28(26)30(32)37-25-20-18-16-14-12-10-8-6-4-2;/h11-14,21-23H,3-10,15-20,24-25H2,1-2H3,(H,33,34,35);/q;+1/p-1/b13-11+,14-12+;. The molecule has 1 aromatic carbocycles. The normalized spacial score (nSPS) is 11.6. The van der Waals surface area contributed by atoms with Crippen LogP contribution < -0.4 is 51.4 Å². The van der Waals surface area contributed by atoms with Gasteiger partial charge in [0.15, 0.2) is 0 Å². The smallest absolute Gasteiger partial charge is 0.744 e. The molecule has 0 saturated heterocycles. The number of benzene rings is 1. The van der Waals surface area contributed by atoms with Gasteiger partial charge >= 0.3 is 63.3 Å². The van der Waals surface area contributed by atoms with Crippen molar-refractivity contribution in [3.63, 3.8) is 0 Å². The molecular weight excluding hydrogens is 543 g/mol. The minimum atomic E-state index is -5.01. The summed E-state index contributed by atoms with van der Waals surface area (Å²) in [6.07, 6.45) is 22.4. The molecule has 1 rings (SSSR count). The molecule has 0 saturated carbocycles. The topological polar surface area (TPSA) is 110 Å². The van der Waals surface area contributed by atoms with E-state index in [1.807, 2.05) is 0 Å². The van der Waals surface area contributed by atoms with E-state index in [0.717, 1.165) is 44.6 Å². The molecule has 214 valence electrons. The van der Waals surface area contributed by atoms with E-state index in [4.69, 9.17) is 9.47 Å². The summed E-state index contributed by atoms with van der Waals surface area (Å²) >= 11 is 0. The Labute approximate surface area is 278 Å². The van der Waals surface area contributed by atoms with Gasteiger partial charge in [0.2, 0.25) is 0 Å². The molecule has 39 heavy (non-hydrogen) atoms. The van der Waals surface area contributed by atoms with Crippen molar-refractivity contribution in [2.24, 2.45) is 0 Å². The Morgan fingerprint density at radius 2 is 1.15 bits per heavy atom. The van der Waals surface area contributed by atoms with Crippen LogP contribution in [-0.2, 0) is 19.6 Å². The van der Waals surface area contributed by atoms with E-state index >= 15 is 0 Å². The van der Waals surface area contributed by atoms with Crippen LogP contribution in [0, 0.1) is 0 Å². The quantitative estimate of drug-likeness (QED) is 0.0683. The van der Waals surface area contributed by atoms with Crippen molar-refractivity contribution in [3.8, 4) is 0 Å². The van der Waals surface area contributed by atoms with Crippen molar-refractivity contribution in [1.82, 2.24) is 0 Å². The van der Waals surface area contributed by atoms with E-state index < -0.39 is 32.5 Å². The fraction of sp³-hybridized carbons (Fsp3) is 0.600. The minimum Gasteiger partial charge on any atom is -0.744 e. The minimum absolute atomic E-state index is 0. The molecule has 0 amide bonds. The Balaban J connectivity index is 0.0000144. The van der Waals surface area contributed by atoms with Crippen LogP contribution in [0.15, 0.2) is 47.4 Å². The number of hydrogen-bond acceptors (Lipinski definition) is 7. The van der Waals surface area contributed by atoms with Crippen LogP contribution >= 0.6 is 0 Å². The molecule has 0 unspecified atom stereocenters. The van der Waals surface area contributed by atoms with Crippen molar-refractivity contribution in [3.05, 3.63) is 53.6 Å². The number of allylic oxidation sites excluding steroid dienone is 4. The zero-order valence-corrected chi connectivity index (χ0v) is 28.1. The summed E-state index contributed by atoms with van der Waals surface area (Å²) in [5.41, 5.74) is -0.837. The number of carbonyl (C=O) groups excluding carboxylic acids is 2. The monoisotopic (exact) mass is 588 g/mol. The molecule has 0 atom stereocenters. The summed E-state index contributed by atoms with van der Waals surface area (Å²) in [5, 5.41) is 0. The van der Waals surface area contributed by atoms with Crippen LogP contribution in [0.1, 0.15) is 124 Å². The van der Waals surface area contributed by atoms with Gasteiger partial charge < -0.3 is 14.0 Å². The molecule has 9 heteroatoms. The SMILES string of the molecule is CCCCC/C=C/CCCCOC(=O)c1cccc(S(=O)(=O)[O-])c1C(=O)OCCCC/C=C/CCCCC.[K+]. The summed E-state index contributed by atoms with van der Waals surface area (Å²) in [7, 11) is -5.01. The van der Waals surface area contributed by atoms with Gasteiger partial charge in [-0.15, -0.1) is 0 Å². The van der Waals surface area contributed by atoms with E-state index in [9.17, 15) is 22.6 Å². The van der Waals surface area contributed by atoms with Gasteiger partial charge in [-0.05, 0) is 76.3 Å². The van der Waals surface area contributed by atoms with Gasteiger partial charge in [-0.1, -0.05) is 69.9 Å². The fourth-order valence-corrected chi connectivity index (χ4v) is 4.51. The first kappa shape index (κ1) is 38.2. The van der Waals surface area contributed by atoms with E-state index in [2.05, 4.69) is 38.2 Å². The van der Waals surface area contributed by atoms with E-state index in [1.54, 1.807) is 0 Å². The summed E-state index contributed by atoms with van der Waals surface area (Å²) in [5.74, 6) is -1.87. The van der Waals surface area contributed by atoms with Crippen molar-refractivity contribution < 1.29 is 83.4 Å². The van der Waals surface area contributed by atoms with Crippen LogP contribution in [0.3, 0.4) is 0 Å². The molecule has 0 aromatic heterocycles. The summed E-state index contributed by atoms with van der Waals surface area (Å²) in [4.78, 5) is 24.7. The molecule has 0 bridgehead atoms. The molecule has 1 aromatic rings. The Morgan fingerprint density at radius 1 is 0.718 bits per heavy atom. The predicted octanol–water partition coefficient (Wildman–Crippen LogP) is 4.52. The van der Waals surface area contributed by atoms with Crippen LogP contribution in [0.4, 0.5) is 0 Å². The third-order valence-corrected chi connectivity index (χ3v) is 6.88. The molecule has 0 spiro atoms. The molecule has 0 radical (unpaired) electrons. The van der Waals surface area contributed by atoms with Crippen LogP contribution in [0.2, 0.25) is 0 Å². The Morgan fingerprint density at radius 3 is 1.59 bits per heavy atom. The molecule has 0 fully saturated rings. The zero-order chi connectivity index (χ0) is 28.1. The fourth-order valence-electron chi connectivity index (χ4n) is 3.82. The summed E-state index contributed by atoms with van der Waals surface area (Å²) in [6.45, 7) is 4.51. The van der Waals surface area contributed by atoms with Gasteiger partial charge in [0.05, 0.1) is 29.2 Å². The summed E-state index contributed by atoms with van der Waals surface area (Å²) in [6, 6.07) is 3.52. The van der Waals surface area contributed by atoms with Gasteiger partial charge in [0.1, 0.15) is 10.1 Å². The molecule has 0 N–H and O–H groups in total. The number of carbonyl (C=O) groups is 2. The Kier molecular flexibility index (Phi) is 23.4. The van der Waals surface area contributed by atoms with Crippen LogP contribution in [0.5, 0.6) is 0 Å². The number of esters is 2. The van der Waals surface area contributed by atoms with Crippen molar-refractivity contribution in [1.29, 1.82) is 0 Å². The van der Waals surface area contributed by atoms with Gasteiger partial charge in [-0.3, -0.25) is 0 Å². The van der Waals surface area contributed by atoms with Crippen molar-refractivity contribution in [2.75, 3.05) is 13.2 Å². The molecule has 0 heterocycles. The van der Waals surface area contributed by atoms with Crippen molar-refractivity contribution in [2.45, 2.75) is 109 Å². The first-order valence-corrected chi connectivity index (χ1v) is 15.5. The Bertz CT molecular complexity index is 987. The van der Waals surface area contributed by atoms with E-state index in [0.29, 0.717) is 12.8 Å². The molecule has 0 aliphatic carbocycles. The van der Waals surface area contributed by atoms with Gasteiger partial charge in [0.25, 0.3) is 0 Å². The first-order valence-electron chi connectivity index (χ1n) is 14.1. The maximum atomic E-state index is 12.8. The Hall–Kier alpha value is -0.814. The zero-order valence-electron chi connectivity index (χ0n) is 24.1. The molecular formula is C30H45KO7S. The predicted molar refractivity (Wildman–Crippen MR) is 149 cm³/mol. The maximum Gasteiger partial charge on any atom is 1.00 e. The van der Waals surface area contributed by atoms with Gasteiger partial charge in [-0.2, -0.15) is 0 Å². The third kappa shape index (κ3) is 17.6. The second kappa shape index (κ2) is 23.8. The van der Waals surface area contributed by atoms with E-state index in [-0.39, 0.29) is 70.2 Å². The van der Waals surface area contributed by atoms with Crippen LogP contribution in [-0.4, -0.2) is 38.1 Å². The van der Waals surface area contributed by atoms with Crippen LogP contribution in [0.25, 0.3) is 0 Å². The largest absolute Gasteiger partial charge is 1.00 e. The van der Waals surface area contributed by atoms with Gasteiger partial charge in [0, 0.05) is 0 Å². The van der Waals surface area contributed by atoms with E-state index in [1.165, 1.54) is 50.7 Å². The number of unbranched alkanes of at least 4 members (excludes halogenated alkanes) is 10.